The van der Waals surface area contributed by atoms with E-state index < -0.39 is 24.4 Å². The number of amidine groups is 1. The zero-order chi connectivity index (χ0) is 14.6. The van der Waals surface area contributed by atoms with Gasteiger partial charge in [-0.1, -0.05) is 0 Å². The van der Waals surface area contributed by atoms with E-state index in [2.05, 4.69) is 4.74 Å². The molecule has 0 aliphatic carbocycles. The van der Waals surface area contributed by atoms with Gasteiger partial charge in [-0.25, -0.2) is 0 Å². The molecule has 8 heteroatoms. The van der Waals surface area contributed by atoms with E-state index >= 15 is 0 Å². The number of halogens is 3. The van der Waals surface area contributed by atoms with Crippen LogP contribution in [-0.4, -0.2) is 18.6 Å². The Hall–Kier alpha value is -2.74. The molecule has 0 saturated heterocycles. The molecular formula is C11H7F3N4O. The molecule has 0 aliphatic rings. The van der Waals surface area contributed by atoms with Crippen LogP contribution in [0, 0.1) is 28.1 Å². The molecule has 0 fully saturated rings. The highest BCUT2D eigenvalue weighted by Gasteiger charge is 2.30. The maximum absolute atomic E-state index is 12.1. The quantitative estimate of drug-likeness (QED) is 0.642. The molecule has 0 aliphatic heterocycles. The van der Waals surface area contributed by atoms with Crippen molar-refractivity contribution in [1.82, 2.24) is 0 Å². The Balaban J connectivity index is 3.36. The largest absolute Gasteiger partial charge is 0.482 e. The maximum atomic E-state index is 12.1. The van der Waals surface area contributed by atoms with Gasteiger partial charge in [0.2, 0.25) is 0 Å². The highest BCUT2D eigenvalue weighted by atomic mass is 19.4. The van der Waals surface area contributed by atoms with Crippen LogP contribution in [0.5, 0.6) is 5.75 Å². The highest BCUT2D eigenvalue weighted by molar-refractivity contribution is 5.98. The maximum Gasteiger partial charge on any atom is 0.422 e. The fraction of sp³-hybridized carbons (Fsp3) is 0.182. The van der Waals surface area contributed by atoms with Crippen molar-refractivity contribution in [1.29, 1.82) is 15.9 Å². The van der Waals surface area contributed by atoms with Crippen molar-refractivity contribution in [3.63, 3.8) is 0 Å². The second-order valence-corrected chi connectivity index (χ2v) is 3.41. The number of nitriles is 2. The van der Waals surface area contributed by atoms with Crippen LogP contribution in [0.4, 0.5) is 13.2 Å². The number of nitrogens with zero attached hydrogens (tertiary/aromatic N) is 2. The number of benzene rings is 1. The first kappa shape index (κ1) is 14.3. The van der Waals surface area contributed by atoms with Gasteiger partial charge in [-0.15, -0.1) is 0 Å². The first-order chi connectivity index (χ1) is 8.80. The Morgan fingerprint density at radius 2 is 1.95 bits per heavy atom. The minimum absolute atomic E-state index is 0.148. The van der Waals surface area contributed by atoms with Crippen molar-refractivity contribution >= 4 is 5.84 Å². The lowest BCUT2D eigenvalue weighted by atomic mass is 10.0. The highest BCUT2D eigenvalue weighted by Crippen LogP contribution is 2.28. The molecule has 0 unspecified atom stereocenters. The van der Waals surface area contributed by atoms with Gasteiger partial charge in [0.1, 0.15) is 29.3 Å². The smallest absolute Gasteiger partial charge is 0.422 e. The summed E-state index contributed by atoms with van der Waals surface area (Å²) in [7, 11) is 0. The summed E-state index contributed by atoms with van der Waals surface area (Å²) in [5.74, 6) is -1.07. The van der Waals surface area contributed by atoms with Gasteiger partial charge in [-0.3, -0.25) is 5.41 Å². The van der Waals surface area contributed by atoms with Crippen LogP contribution in [0.25, 0.3) is 0 Å². The van der Waals surface area contributed by atoms with Crippen molar-refractivity contribution in [2.75, 3.05) is 6.61 Å². The van der Waals surface area contributed by atoms with E-state index in [0.29, 0.717) is 0 Å². The summed E-state index contributed by atoms with van der Waals surface area (Å²) < 4.78 is 40.9. The van der Waals surface area contributed by atoms with Crippen LogP contribution in [0.1, 0.15) is 16.7 Å². The predicted octanol–water partition coefficient (Wildman–Crippen LogP) is 1.66. The number of alkyl halides is 3. The van der Waals surface area contributed by atoms with Gasteiger partial charge in [0.25, 0.3) is 0 Å². The summed E-state index contributed by atoms with van der Waals surface area (Å²) in [6.45, 7) is -1.64. The van der Waals surface area contributed by atoms with Crippen LogP contribution >= 0.6 is 0 Å². The second kappa shape index (κ2) is 5.27. The number of rotatable bonds is 3. The molecule has 0 bridgehead atoms. The fourth-order valence-corrected chi connectivity index (χ4v) is 1.30. The van der Waals surface area contributed by atoms with Crippen molar-refractivity contribution in [3.05, 3.63) is 28.8 Å². The molecule has 0 radical (unpaired) electrons. The lowest BCUT2D eigenvalue weighted by molar-refractivity contribution is -0.153. The first-order valence-corrected chi connectivity index (χ1v) is 4.81. The monoisotopic (exact) mass is 268 g/mol. The summed E-state index contributed by atoms with van der Waals surface area (Å²) in [5, 5.41) is 24.9. The average molecular weight is 268 g/mol. The van der Waals surface area contributed by atoms with Gasteiger partial charge in [0, 0.05) is 0 Å². The molecule has 3 N–H and O–H groups in total. The van der Waals surface area contributed by atoms with Gasteiger partial charge in [0.05, 0.1) is 11.1 Å². The Labute approximate surface area is 106 Å². The second-order valence-electron chi connectivity index (χ2n) is 3.41. The molecule has 0 atom stereocenters. The number of nitrogen functional groups attached to an aromatic ring is 1. The Kier molecular flexibility index (Phi) is 3.97. The zero-order valence-electron chi connectivity index (χ0n) is 9.38. The van der Waals surface area contributed by atoms with E-state index in [0.717, 1.165) is 6.07 Å². The Bertz CT molecular complexity index is 596. The molecule has 1 aromatic carbocycles. The van der Waals surface area contributed by atoms with Gasteiger partial charge < -0.3 is 10.5 Å². The summed E-state index contributed by atoms with van der Waals surface area (Å²) in [4.78, 5) is 0. The minimum atomic E-state index is -4.61. The molecule has 5 nitrogen and oxygen atoms in total. The van der Waals surface area contributed by atoms with Crippen molar-refractivity contribution in [3.8, 4) is 17.9 Å². The minimum Gasteiger partial charge on any atom is -0.482 e. The zero-order valence-corrected chi connectivity index (χ0v) is 9.38. The van der Waals surface area contributed by atoms with E-state index in [1.807, 2.05) is 0 Å². The number of nitrogens with one attached hydrogen (secondary N) is 1. The summed E-state index contributed by atoms with van der Waals surface area (Å²) in [6.07, 6.45) is -4.61. The van der Waals surface area contributed by atoms with Crippen LogP contribution < -0.4 is 10.5 Å². The molecule has 19 heavy (non-hydrogen) atoms. The molecule has 0 saturated carbocycles. The molecule has 0 heterocycles. The van der Waals surface area contributed by atoms with E-state index in [-0.39, 0.29) is 16.7 Å². The number of hydrogen-bond acceptors (Lipinski definition) is 4. The molecule has 1 rings (SSSR count). The van der Waals surface area contributed by atoms with E-state index in [1.165, 1.54) is 6.07 Å². The molecule has 1 aromatic rings. The third kappa shape index (κ3) is 3.36. The molecular weight excluding hydrogens is 261 g/mol. The lowest BCUT2D eigenvalue weighted by Gasteiger charge is -2.14. The van der Waals surface area contributed by atoms with E-state index in [9.17, 15) is 13.2 Å². The molecule has 0 spiro atoms. The lowest BCUT2D eigenvalue weighted by Crippen LogP contribution is -2.22. The first-order valence-electron chi connectivity index (χ1n) is 4.81. The topological polar surface area (TPSA) is 107 Å². The molecule has 0 amide bonds. The SMILES string of the molecule is N#Cc1ccc(C(=N)N)c(OCC(F)(F)F)c1C#N. The predicted molar refractivity (Wildman–Crippen MR) is 58.4 cm³/mol. The molecule has 98 valence electrons. The Morgan fingerprint density at radius 1 is 1.32 bits per heavy atom. The summed E-state index contributed by atoms with van der Waals surface area (Å²) in [6, 6.07) is 5.59. The van der Waals surface area contributed by atoms with Crippen LogP contribution in [0.3, 0.4) is 0 Å². The van der Waals surface area contributed by atoms with Gasteiger partial charge in [0.15, 0.2) is 6.61 Å². The number of ether oxygens (including phenoxy) is 1. The normalized spacial score (nSPS) is 10.4. The van der Waals surface area contributed by atoms with Gasteiger partial charge in [-0.05, 0) is 12.1 Å². The number of hydrogen-bond donors (Lipinski definition) is 2. The standard InChI is InChI=1S/C11H7F3N4O/c12-11(13,14)5-19-9-7(10(17)18)2-1-6(3-15)8(9)4-16/h1-2H,5H2,(H3,17,18). The van der Waals surface area contributed by atoms with Crippen molar-refractivity contribution < 1.29 is 17.9 Å². The Morgan fingerprint density at radius 3 is 2.37 bits per heavy atom. The number of nitrogens with two attached hydrogens (primary N) is 1. The van der Waals surface area contributed by atoms with Crippen molar-refractivity contribution in [2.24, 2.45) is 5.73 Å². The van der Waals surface area contributed by atoms with Crippen LogP contribution in [-0.2, 0) is 0 Å². The summed E-state index contributed by atoms with van der Waals surface area (Å²) in [5.41, 5.74) is 4.51. The van der Waals surface area contributed by atoms with Crippen molar-refractivity contribution in [2.45, 2.75) is 6.18 Å². The van der Waals surface area contributed by atoms with Gasteiger partial charge in [-0.2, -0.15) is 23.7 Å². The van der Waals surface area contributed by atoms with Crippen LogP contribution in [0.2, 0.25) is 0 Å². The van der Waals surface area contributed by atoms with Crippen LogP contribution in [0.15, 0.2) is 12.1 Å². The van der Waals surface area contributed by atoms with Gasteiger partial charge >= 0.3 is 6.18 Å². The third-order valence-electron chi connectivity index (χ3n) is 2.06. The molecule has 0 aromatic heterocycles. The summed E-state index contributed by atoms with van der Waals surface area (Å²) >= 11 is 0. The van der Waals surface area contributed by atoms with E-state index in [4.69, 9.17) is 21.7 Å². The fourth-order valence-electron chi connectivity index (χ4n) is 1.30. The third-order valence-corrected chi connectivity index (χ3v) is 2.06. The van der Waals surface area contributed by atoms with E-state index in [1.54, 1.807) is 12.1 Å². The average Bonchev–Trinajstić information content (AvgIpc) is 2.33.